The Hall–Kier alpha value is -1.14. The molecule has 0 nitrogen and oxygen atoms in total. The number of rotatable bonds is 10. The molecule has 0 bridgehead atoms. The van der Waals surface area contributed by atoms with Gasteiger partial charge >= 0.3 is 71.6 Å². The first-order valence-corrected chi connectivity index (χ1v) is 12.1. The van der Waals surface area contributed by atoms with Crippen LogP contribution in [0.25, 0.3) is 0 Å². The minimum Gasteiger partial charge on any atom is -0.194 e. The molecule has 0 atom stereocenters. The van der Waals surface area contributed by atoms with E-state index in [1.165, 1.54) is 0 Å². The highest BCUT2D eigenvalue weighted by molar-refractivity contribution is 14.1. The zero-order valence-corrected chi connectivity index (χ0v) is 24.1. The maximum Gasteiger partial charge on any atom is 0.460 e. The summed E-state index contributed by atoms with van der Waals surface area (Å²) in [6, 6.07) is -2.46. The van der Waals surface area contributed by atoms with E-state index in [2.05, 4.69) is 0 Å². The zero-order valence-electron chi connectivity index (χ0n) is 19.7. The summed E-state index contributed by atoms with van der Waals surface area (Å²) in [5, 5.41) is 0. The van der Waals surface area contributed by atoms with E-state index in [9.17, 15) is 114 Å². The van der Waals surface area contributed by atoms with Gasteiger partial charge in [0.2, 0.25) is 0 Å². The van der Waals surface area contributed by atoms with E-state index >= 15 is 0 Å². The van der Waals surface area contributed by atoms with Crippen molar-refractivity contribution in [2.24, 2.45) is 0 Å². The van der Waals surface area contributed by atoms with Crippen molar-refractivity contribution in [2.45, 2.75) is 71.6 Å². The van der Waals surface area contributed by atoms with Gasteiger partial charge in [0.1, 0.15) is 0 Å². The molecule has 0 aliphatic heterocycles. The highest BCUT2D eigenvalue weighted by atomic mass is 127. The van der Waals surface area contributed by atoms with Gasteiger partial charge in [-0.25, -0.2) is 0 Å². The molecule has 46 heavy (non-hydrogen) atoms. The van der Waals surface area contributed by atoms with Gasteiger partial charge in [-0.3, -0.25) is 0 Å². The first-order chi connectivity index (χ1) is 19.5. The second-order valence-corrected chi connectivity index (χ2v) is 10.9. The molecule has 0 unspecified atom stereocenters. The minimum absolute atomic E-state index is 0.0852. The zero-order chi connectivity index (χ0) is 37.7. The van der Waals surface area contributed by atoms with Crippen molar-refractivity contribution < 1.29 is 114 Å². The van der Waals surface area contributed by atoms with E-state index in [1.807, 2.05) is 0 Å². The van der Waals surface area contributed by atoms with Crippen LogP contribution in [0.1, 0.15) is 11.1 Å². The van der Waals surface area contributed by atoms with Crippen molar-refractivity contribution in [3.05, 3.63) is 30.4 Å². The second-order valence-electron chi connectivity index (χ2n) is 8.55. The molecular weight excluding hydrogens is 964 g/mol. The molecule has 270 valence electrons. The number of hydrogen-bond acceptors (Lipinski definition) is 0. The largest absolute Gasteiger partial charge is 0.460 e. The average Bonchev–Trinajstić information content (AvgIpc) is 2.82. The van der Waals surface area contributed by atoms with Crippen LogP contribution in [0.4, 0.5) is 114 Å². The Kier molecular flexibility index (Phi) is 10.4. The summed E-state index contributed by atoms with van der Waals surface area (Å²) in [5.41, 5.74) is -6.26. The predicted molar refractivity (Wildman–Crippen MR) is 111 cm³/mol. The summed E-state index contributed by atoms with van der Waals surface area (Å²) in [5.74, 6) is -81.1. The van der Waals surface area contributed by atoms with Gasteiger partial charge in [0.15, 0.2) is 0 Å². The van der Waals surface area contributed by atoms with Crippen LogP contribution >= 0.6 is 45.2 Å². The molecule has 0 heterocycles. The molecule has 0 saturated heterocycles. The molecule has 0 aliphatic carbocycles. The average molecular weight is 966 g/mol. The SMILES string of the molecule is FC(F)(F)C(F)(F)C(F)(F)C(F)(F)C(F)(F)C(F)(F)c1cc(I)c(C(F)(F)C(F)(F)C(F)(F)C(F)(F)C(F)(F)C(F)(F)F)cc1I. The maximum atomic E-state index is 14.5. The molecular formula is C18H2F26I2. The number of alkyl halides is 26. The molecule has 1 rings (SSSR count). The molecule has 0 aliphatic rings. The Morgan fingerprint density at radius 1 is 0.283 bits per heavy atom. The van der Waals surface area contributed by atoms with Gasteiger partial charge in [-0.1, -0.05) is 0 Å². The minimum atomic E-state index is -8.47. The molecule has 1 aromatic carbocycles. The Balaban J connectivity index is 3.95. The quantitative estimate of drug-likeness (QED) is 0.162. The van der Waals surface area contributed by atoms with Crippen LogP contribution in [0.3, 0.4) is 0 Å². The van der Waals surface area contributed by atoms with Crippen LogP contribution in [0.5, 0.6) is 0 Å². The fraction of sp³-hybridized carbons (Fsp3) is 0.667. The summed E-state index contributed by atoms with van der Waals surface area (Å²) >= 11 is -0.170. The smallest absolute Gasteiger partial charge is 0.194 e. The molecule has 28 heteroatoms. The van der Waals surface area contributed by atoms with Crippen molar-refractivity contribution in [3.8, 4) is 0 Å². The van der Waals surface area contributed by atoms with Crippen molar-refractivity contribution in [1.82, 2.24) is 0 Å². The van der Waals surface area contributed by atoms with E-state index in [1.54, 1.807) is 0 Å². The maximum absolute atomic E-state index is 14.5. The van der Waals surface area contributed by atoms with Gasteiger partial charge in [0, 0.05) is 18.3 Å². The van der Waals surface area contributed by atoms with E-state index in [4.69, 9.17) is 0 Å². The highest BCUT2D eigenvalue weighted by Gasteiger charge is 2.92. The Morgan fingerprint density at radius 3 is 0.630 bits per heavy atom. The van der Waals surface area contributed by atoms with Crippen LogP contribution in [0, 0.1) is 7.14 Å². The van der Waals surface area contributed by atoms with E-state index in [-0.39, 0.29) is 45.2 Å². The van der Waals surface area contributed by atoms with E-state index < -0.39 is 102 Å². The van der Waals surface area contributed by atoms with Crippen molar-refractivity contribution in [3.63, 3.8) is 0 Å². The van der Waals surface area contributed by atoms with E-state index in [0.29, 0.717) is 0 Å². The third-order valence-electron chi connectivity index (χ3n) is 5.60. The second kappa shape index (κ2) is 11.2. The highest BCUT2D eigenvalue weighted by Crippen LogP contribution is 2.64. The monoisotopic (exact) mass is 966 g/mol. The summed E-state index contributed by atoms with van der Waals surface area (Å²) < 4.78 is 344. The lowest BCUT2D eigenvalue weighted by Crippen LogP contribution is -2.69. The fourth-order valence-electron chi connectivity index (χ4n) is 2.91. The van der Waals surface area contributed by atoms with Crippen molar-refractivity contribution in [1.29, 1.82) is 0 Å². The molecule has 0 aromatic heterocycles. The number of hydrogen-bond donors (Lipinski definition) is 0. The topological polar surface area (TPSA) is 0 Å². The Morgan fingerprint density at radius 2 is 0.457 bits per heavy atom. The van der Waals surface area contributed by atoms with Gasteiger partial charge < -0.3 is 0 Å². The van der Waals surface area contributed by atoms with Gasteiger partial charge in [0.05, 0.1) is 0 Å². The number of halogens is 28. The molecule has 0 N–H and O–H groups in total. The summed E-state index contributed by atoms with van der Waals surface area (Å²) in [7, 11) is 0. The van der Waals surface area contributed by atoms with Crippen molar-refractivity contribution in [2.75, 3.05) is 0 Å². The van der Waals surface area contributed by atoms with Gasteiger partial charge in [0.25, 0.3) is 0 Å². The summed E-state index contributed by atoms with van der Waals surface area (Å²) in [4.78, 5) is 0. The van der Waals surface area contributed by atoms with Crippen LogP contribution < -0.4 is 0 Å². The molecule has 0 fully saturated rings. The molecule has 1 aromatic rings. The lowest BCUT2D eigenvalue weighted by atomic mass is 9.88. The standard InChI is InChI=1S/C18H2F26I2/c19-7(20,9(23,24)11(27,28)13(31,32)15(35,36)17(39,40)41)3-1-5(45)4(2-6(3)46)8(21,22)10(25,26)12(29,30)14(33,34)16(37,38)18(42,43)44/h1-2H. The summed E-state index contributed by atoms with van der Waals surface area (Å²) in [6.45, 7) is 0. The lowest BCUT2D eigenvalue weighted by molar-refractivity contribution is -0.442. The van der Waals surface area contributed by atoms with Crippen LogP contribution in [0.2, 0.25) is 0 Å². The van der Waals surface area contributed by atoms with Crippen LogP contribution in [0.15, 0.2) is 12.1 Å². The lowest BCUT2D eigenvalue weighted by Gasteiger charge is -2.40. The third kappa shape index (κ3) is 5.50. The van der Waals surface area contributed by atoms with Crippen LogP contribution in [-0.4, -0.2) is 59.7 Å². The molecule has 0 amide bonds. The van der Waals surface area contributed by atoms with Gasteiger partial charge in [-0.05, 0) is 57.3 Å². The van der Waals surface area contributed by atoms with Crippen LogP contribution in [-0.2, 0) is 11.8 Å². The first-order valence-electron chi connectivity index (χ1n) is 9.95. The number of benzene rings is 1. The van der Waals surface area contributed by atoms with Crippen molar-refractivity contribution >= 4 is 45.2 Å². The summed E-state index contributed by atoms with van der Waals surface area (Å²) in [6.07, 6.45) is -15.7. The van der Waals surface area contributed by atoms with Gasteiger partial charge in [-0.2, -0.15) is 114 Å². The van der Waals surface area contributed by atoms with Gasteiger partial charge in [-0.15, -0.1) is 0 Å². The Labute approximate surface area is 261 Å². The molecule has 0 spiro atoms. The molecule has 0 saturated carbocycles. The molecule has 0 radical (unpaired) electrons. The fourth-order valence-corrected chi connectivity index (χ4v) is 4.52. The third-order valence-corrected chi connectivity index (χ3v) is 7.39. The Bertz CT molecular complexity index is 1200. The predicted octanol–water partition coefficient (Wildman–Crippen LogP) is 11.3. The normalized spacial score (nSPS) is 16.3. The first kappa shape index (κ1) is 42.9. The van der Waals surface area contributed by atoms with E-state index in [0.717, 1.165) is 0 Å².